The van der Waals surface area contributed by atoms with E-state index in [-0.39, 0.29) is 5.82 Å². The third kappa shape index (κ3) is 3.56. The Morgan fingerprint density at radius 3 is 2.80 bits per heavy atom. The highest BCUT2D eigenvalue weighted by atomic mass is 19.1. The summed E-state index contributed by atoms with van der Waals surface area (Å²) in [5, 5.41) is 12.5. The Balaban J connectivity index is 2.14. The Kier molecular flexibility index (Phi) is 5.11. The van der Waals surface area contributed by atoms with Gasteiger partial charge in [0, 0.05) is 31.7 Å². The Labute approximate surface area is 120 Å². The maximum atomic E-state index is 13.5. The molecule has 0 spiro atoms. The standard InChI is InChI=1S/C16H22FN3/c1-3-15-11-20(16(4-2)9-19-15)10-13-5-12(8-18)6-14(17)7-13/h5-7,15-16,19H,3-4,9-11H2,1-2H3. The van der Waals surface area contributed by atoms with Gasteiger partial charge in [0.2, 0.25) is 0 Å². The molecule has 1 aliphatic rings. The lowest BCUT2D eigenvalue weighted by Crippen LogP contribution is -2.55. The highest BCUT2D eigenvalue weighted by Crippen LogP contribution is 2.17. The van der Waals surface area contributed by atoms with Crippen molar-refractivity contribution in [3.63, 3.8) is 0 Å². The van der Waals surface area contributed by atoms with E-state index in [1.807, 2.05) is 6.07 Å². The molecule has 1 aromatic rings. The lowest BCUT2D eigenvalue weighted by atomic mass is 10.0. The van der Waals surface area contributed by atoms with E-state index in [4.69, 9.17) is 5.26 Å². The minimum atomic E-state index is -0.325. The van der Waals surface area contributed by atoms with Gasteiger partial charge in [0.1, 0.15) is 5.82 Å². The highest BCUT2D eigenvalue weighted by Gasteiger charge is 2.25. The SMILES string of the molecule is CCC1CN(Cc2cc(F)cc(C#N)c2)C(CC)CN1. The Morgan fingerprint density at radius 2 is 2.15 bits per heavy atom. The van der Waals surface area contributed by atoms with E-state index in [2.05, 4.69) is 24.1 Å². The first kappa shape index (κ1) is 15.0. The number of rotatable bonds is 4. The number of hydrogen-bond acceptors (Lipinski definition) is 3. The number of piperazine rings is 1. The van der Waals surface area contributed by atoms with Crippen LogP contribution in [0.2, 0.25) is 0 Å². The average molecular weight is 275 g/mol. The monoisotopic (exact) mass is 275 g/mol. The molecule has 1 aliphatic heterocycles. The predicted octanol–water partition coefficient (Wildman–Crippen LogP) is 2.66. The molecule has 0 amide bonds. The second kappa shape index (κ2) is 6.83. The van der Waals surface area contributed by atoms with Gasteiger partial charge in [0.05, 0.1) is 11.6 Å². The minimum Gasteiger partial charge on any atom is -0.311 e. The van der Waals surface area contributed by atoms with Crippen LogP contribution < -0.4 is 5.32 Å². The first-order chi connectivity index (χ1) is 9.66. The van der Waals surface area contributed by atoms with Crippen molar-refractivity contribution in [2.24, 2.45) is 0 Å². The Morgan fingerprint density at radius 1 is 1.35 bits per heavy atom. The van der Waals surface area contributed by atoms with Crippen molar-refractivity contribution in [3.05, 3.63) is 35.1 Å². The molecule has 4 heteroatoms. The van der Waals surface area contributed by atoms with Crippen molar-refractivity contribution in [3.8, 4) is 6.07 Å². The molecule has 0 bridgehead atoms. The zero-order valence-electron chi connectivity index (χ0n) is 12.2. The number of hydrogen-bond donors (Lipinski definition) is 1. The van der Waals surface area contributed by atoms with Crippen LogP contribution in [0.25, 0.3) is 0 Å². The fourth-order valence-corrected chi connectivity index (χ4v) is 2.84. The topological polar surface area (TPSA) is 39.1 Å². The van der Waals surface area contributed by atoms with Crippen LogP contribution >= 0.6 is 0 Å². The normalized spacial score (nSPS) is 23.5. The number of nitriles is 1. The summed E-state index contributed by atoms with van der Waals surface area (Å²) in [6.07, 6.45) is 2.17. The van der Waals surface area contributed by atoms with Crippen LogP contribution in [0.15, 0.2) is 18.2 Å². The summed E-state index contributed by atoms with van der Waals surface area (Å²) in [6.45, 7) is 7.03. The third-order valence-electron chi connectivity index (χ3n) is 4.05. The van der Waals surface area contributed by atoms with Crippen molar-refractivity contribution < 1.29 is 4.39 Å². The molecule has 3 nitrogen and oxygen atoms in total. The molecule has 108 valence electrons. The summed E-state index contributed by atoms with van der Waals surface area (Å²) in [5.41, 5.74) is 1.28. The largest absolute Gasteiger partial charge is 0.311 e. The fourth-order valence-electron chi connectivity index (χ4n) is 2.84. The van der Waals surface area contributed by atoms with Crippen LogP contribution in [0.5, 0.6) is 0 Å². The van der Waals surface area contributed by atoms with Crippen molar-refractivity contribution in [2.75, 3.05) is 13.1 Å². The molecule has 1 N–H and O–H groups in total. The lowest BCUT2D eigenvalue weighted by molar-refractivity contribution is 0.117. The van der Waals surface area contributed by atoms with Gasteiger partial charge in [-0.25, -0.2) is 4.39 Å². The maximum Gasteiger partial charge on any atom is 0.124 e. The molecule has 0 saturated carbocycles. The van der Waals surface area contributed by atoms with E-state index in [9.17, 15) is 4.39 Å². The van der Waals surface area contributed by atoms with E-state index in [0.29, 0.717) is 24.2 Å². The molecule has 2 unspecified atom stereocenters. The van der Waals surface area contributed by atoms with Crippen LogP contribution in [-0.4, -0.2) is 30.1 Å². The van der Waals surface area contributed by atoms with Crippen LogP contribution in [-0.2, 0) is 6.54 Å². The number of nitrogens with one attached hydrogen (secondary N) is 1. The lowest BCUT2D eigenvalue weighted by Gasteiger charge is -2.40. The number of halogens is 1. The molecule has 1 aromatic carbocycles. The molecule has 1 heterocycles. The van der Waals surface area contributed by atoms with Crippen LogP contribution in [0, 0.1) is 17.1 Å². The molecule has 2 rings (SSSR count). The van der Waals surface area contributed by atoms with Gasteiger partial charge in [-0.15, -0.1) is 0 Å². The number of benzene rings is 1. The summed E-state index contributed by atoms with van der Waals surface area (Å²) in [5.74, 6) is -0.325. The van der Waals surface area contributed by atoms with Gasteiger partial charge in [0.15, 0.2) is 0 Å². The third-order valence-corrected chi connectivity index (χ3v) is 4.05. The second-order valence-electron chi connectivity index (χ2n) is 5.46. The molecule has 0 aliphatic carbocycles. The predicted molar refractivity (Wildman–Crippen MR) is 77.7 cm³/mol. The van der Waals surface area contributed by atoms with Crippen molar-refractivity contribution in [2.45, 2.75) is 45.3 Å². The zero-order valence-corrected chi connectivity index (χ0v) is 12.2. The van der Waals surface area contributed by atoms with E-state index in [1.165, 1.54) is 12.1 Å². The Bertz CT molecular complexity index is 495. The summed E-state index contributed by atoms with van der Waals surface area (Å²) in [7, 11) is 0. The van der Waals surface area contributed by atoms with Gasteiger partial charge in [-0.2, -0.15) is 5.26 Å². The molecule has 0 aromatic heterocycles. The first-order valence-corrected chi connectivity index (χ1v) is 7.33. The van der Waals surface area contributed by atoms with Gasteiger partial charge in [-0.1, -0.05) is 13.8 Å². The van der Waals surface area contributed by atoms with Gasteiger partial charge in [-0.3, -0.25) is 4.90 Å². The summed E-state index contributed by atoms with van der Waals surface area (Å²) in [4.78, 5) is 2.40. The summed E-state index contributed by atoms with van der Waals surface area (Å²) >= 11 is 0. The van der Waals surface area contributed by atoms with Crippen LogP contribution in [0.1, 0.15) is 37.8 Å². The van der Waals surface area contributed by atoms with Gasteiger partial charge in [0.25, 0.3) is 0 Å². The molecular formula is C16H22FN3. The second-order valence-corrected chi connectivity index (χ2v) is 5.46. The van der Waals surface area contributed by atoms with Gasteiger partial charge >= 0.3 is 0 Å². The zero-order chi connectivity index (χ0) is 14.5. The molecule has 0 radical (unpaired) electrons. The van der Waals surface area contributed by atoms with Crippen LogP contribution in [0.3, 0.4) is 0 Å². The molecule has 20 heavy (non-hydrogen) atoms. The minimum absolute atomic E-state index is 0.325. The molecule has 2 atom stereocenters. The smallest absolute Gasteiger partial charge is 0.124 e. The van der Waals surface area contributed by atoms with Crippen molar-refractivity contribution in [1.29, 1.82) is 5.26 Å². The molecular weight excluding hydrogens is 253 g/mol. The van der Waals surface area contributed by atoms with Gasteiger partial charge < -0.3 is 5.32 Å². The van der Waals surface area contributed by atoms with Crippen molar-refractivity contribution >= 4 is 0 Å². The van der Waals surface area contributed by atoms with Gasteiger partial charge in [-0.05, 0) is 36.6 Å². The van der Waals surface area contributed by atoms with Crippen LogP contribution in [0.4, 0.5) is 4.39 Å². The number of nitrogens with zero attached hydrogens (tertiary/aromatic N) is 2. The Hall–Kier alpha value is -1.44. The quantitative estimate of drug-likeness (QED) is 0.918. The van der Waals surface area contributed by atoms with E-state index >= 15 is 0 Å². The summed E-state index contributed by atoms with van der Waals surface area (Å²) < 4.78 is 13.5. The molecule has 1 saturated heterocycles. The maximum absolute atomic E-state index is 13.5. The van der Waals surface area contributed by atoms with Crippen molar-refractivity contribution in [1.82, 2.24) is 10.2 Å². The van der Waals surface area contributed by atoms with E-state index in [0.717, 1.165) is 31.5 Å². The summed E-state index contributed by atoms with van der Waals surface area (Å²) in [6, 6.07) is 7.61. The molecule has 1 fully saturated rings. The average Bonchev–Trinajstić information content (AvgIpc) is 2.46. The highest BCUT2D eigenvalue weighted by molar-refractivity contribution is 5.33. The van der Waals surface area contributed by atoms with E-state index in [1.54, 1.807) is 6.07 Å². The first-order valence-electron chi connectivity index (χ1n) is 7.33. The van der Waals surface area contributed by atoms with E-state index < -0.39 is 0 Å². The fraction of sp³-hybridized carbons (Fsp3) is 0.562.